The summed E-state index contributed by atoms with van der Waals surface area (Å²) in [7, 11) is 3.16. The fourth-order valence-corrected chi connectivity index (χ4v) is 4.30. The smallest absolute Gasteiger partial charge is 0.256 e. The number of hydroxylamine groups is 3. The lowest BCUT2D eigenvalue weighted by Crippen LogP contribution is -2.35. The highest BCUT2D eigenvalue weighted by molar-refractivity contribution is 5.94. The van der Waals surface area contributed by atoms with E-state index in [4.69, 9.17) is 4.98 Å². The molecule has 0 saturated heterocycles. The maximum atomic E-state index is 12.9. The summed E-state index contributed by atoms with van der Waals surface area (Å²) in [4.78, 5) is 34.8. The maximum absolute atomic E-state index is 12.9. The number of fused-ring (bicyclic) bond motifs is 1. The van der Waals surface area contributed by atoms with Crippen molar-refractivity contribution in [2.75, 3.05) is 39.0 Å². The largest absolute Gasteiger partial charge is 0.633 e. The monoisotopic (exact) mass is 508 g/mol. The SMILES string of the molecule is CCCCC(CC)CNc1nc(C)c2ccc(=O)n(-c3ccc(C(=O)NCCC[N+](C)(C)[O-])cc3)c2n1. The molecule has 0 radical (unpaired) electrons. The molecule has 0 aliphatic carbocycles. The quantitative estimate of drug-likeness (QED) is 0.201. The van der Waals surface area contributed by atoms with Crippen LogP contribution in [-0.4, -0.2) is 58.8 Å². The van der Waals surface area contributed by atoms with Crippen LogP contribution < -0.4 is 16.2 Å². The van der Waals surface area contributed by atoms with E-state index >= 15 is 0 Å². The van der Waals surface area contributed by atoms with Crippen molar-refractivity contribution in [2.45, 2.75) is 52.9 Å². The number of unbranched alkanes of at least 4 members (excludes halogenated alkanes) is 1. The number of aryl methyl sites for hydroxylation is 1. The summed E-state index contributed by atoms with van der Waals surface area (Å²) in [6.07, 6.45) is 5.21. The van der Waals surface area contributed by atoms with E-state index in [1.54, 1.807) is 49.0 Å². The van der Waals surface area contributed by atoms with Gasteiger partial charge in [0.25, 0.3) is 11.5 Å². The van der Waals surface area contributed by atoms with Gasteiger partial charge < -0.3 is 20.5 Å². The number of benzene rings is 1. The summed E-state index contributed by atoms with van der Waals surface area (Å²) in [5, 5.41) is 18.7. The predicted molar refractivity (Wildman–Crippen MR) is 149 cm³/mol. The van der Waals surface area contributed by atoms with Crippen LogP contribution in [0.25, 0.3) is 16.7 Å². The molecule has 9 nitrogen and oxygen atoms in total. The van der Waals surface area contributed by atoms with Crippen LogP contribution in [0.3, 0.4) is 0 Å². The second-order valence-corrected chi connectivity index (χ2v) is 10.1. The number of quaternary nitrogens is 1. The third-order valence-corrected chi connectivity index (χ3v) is 6.58. The molecule has 0 aliphatic heterocycles. The molecule has 3 aromatic rings. The Balaban J connectivity index is 1.82. The lowest BCUT2D eigenvalue weighted by atomic mass is 9.99. The van der Waals surface area contributed by atoms with Gasteiger partial charge in [-0.2, -0.15) is 4.98 Å². The second kappa shape index (κ2) is 12.8. The van der Waals surface area contributed by atoms with Gasteiger partial charge in [-0.1, -0.05) is 33.1 Å². The van der Waals surface area contributed by atoms with Crippen molar-refractivity contribution in [1.29, 1.82) is 0 Å². The molecule has 200 valence electrons. The van der Waals surface area contributed by atoms with Crippen LogP contribution in [0, 0.1) is 18.0 Å². The highest BCUT2D eigenvalue weighted by Gasteiger charge is 2.14. The molecule has 0 fully saturated rings. The Morgan fingerprint density at radius 1 is 1.08 bits per heavy atom. The number of amides is 1. The number of carbonyl (C=O) groups is 1. The fraction of sp³-hybridized carbons (Fsp3) is 0.500. The number of carbonyl (C=O) groups excluding carboxylic acids is 1. The summed E-state index contributed by atoms with van der Waals surface area (Å²) in [5.41, 5.74) is 2.22. The van der Waals surface area contributed by atoms with Crippen molar-refractivity contribution in [3.63, 3.8) is 0 Å². The van der Waals surface area contributed by atoms with E-state index in [1.807, 2.05) is 6.92 Å². The van der Waals surface area contributed by atoms with Crippen LogP contribution >= 0.6 is 0 Å². The van der Waals surface area contributed by atoms with E-state index in [9.17, 15) is 14.8 Å². The molecule has 0 saturated carbocycles. The molecule has 2 heterocycles. The van der Waals surface area contributed by atoms with E-state index in [0.29, 0.717) is 48.3 Å². The number of hydrogen-bond acceptors (Lipinski definition) is 6. The number of rotatable bonds is 13. The van der Waals surface area contributed by atoms with Gasteiger partial charge in [-0.3, -0.25) is 14.2 Å². The van der Waals surface area contributed by atoms with E-state index in [1.165, 1.54) is 18.9 Å². The summed E-state index contributed by atoms with van der Waals surface area (Å²) < 4.78 is 1.17. The van der Waals surface area contributed by atoms with Gasteiger partial charge in [-0.15, -0.1) is 0 Å². The third kappa shape index (κ3) is 7.84. The molecule has 0 bridgehead atoms. The van der Waals surface area contributed by atoms with Crippen LogP contribution in [0.5, 0.6) is 0 Å². The van der Waals surface area contributed by atoms with Crippen LogP contribution in [0.1, 0.15) is 62.0 Å². The van der Waals surface area contributed by atoms with Crippen molar-refractivity contribution in [3.05, 3.63) is 63.2 Å². The zero-order valence-corrected chi connectivity index (χ0v) is 22.7. The average molecular weight is 509 g/mol. The Morgan fingerprint density at radius 3 is 2.46 bits per heavy atom. The first kappa shape index (κ1) is 28.3. The maximum Gasteiger partial charge on any atom is 0.256 e. The van der Waals surface area contributed by atoms with Crippen molar-refractivity contribution in [1.82, 2.24) is 19.9 Å². The Kier molecular flexibility index (Phi) is 9.77. The number of hydrogen-bond donors (Lipinski definition) is 2. The lowest BCUT2D eigenvalue weighted by Gasteiger charge is -2.33. The first-order valence-electron chi connectivity index (χ1n) is 13.2. The molecule has 2 aromatic heterocycles. The molecule has 0 spiro atoms. The molecule has 1 atom stereocenters. The first-order chi connectivity index (χ1) is 17.6. The number of anilines is 1. The molecule has 9 heteroatoms. The van der Waals surface area contributed by atoms with E-state index in [0.717, 1.165) is 30.5 Å². The zero-order valence-electron chi connectivity index (χ0n) is 22.7. The van der Waals surface area contributed by atoms with E-state index < -0.39 is 0 Å². The Hall–Kier alpha value is -3.30. The average Bonchev–Trinajstić information content (AvgIpc) is 2.86. The van der Waals surface area contributed by atoms with Gasteiger partial charge in [0, 0.05) is 36.5 Å². The molecule has 1 amide bonds. The highest BCUT2D eigenvalue weighted by atomic mass is 16.5. The Bertz CT molecular complexity index is 1250. The van der Waals surface area contributed by atoms with Crippen LogP contribution in [0.15, 0.2) is 41.2 Å². The standard InChI is InChI=1S/C28H40N6O3/c1-6-8-10-21(7-2)19-30-28-31-20(3)24-15-16-25(35)33(26(24)32-28)23-13-11-22(12-14-23)27(36)29-17-9-18-34(4,5)37/h11-16,21H,6-10,17-19H2,1-5H3,(H,29,36)(H,30,31,32). The van der Waals surface area contributed by atoms with Crippen LogP contribution in [-0.2, 0) is 0 Å². The molecular weight excluding hydrogens is 468 g/mol. The molecule has 2 N–H and O–H groups in total. The van der Waals surface area contributed by atoms with Gasteiger partial charge in [0.1, 0.15) is 0 Å². The molecule has 0 aliphatic rings. The molecule has 3 rings (SSSR count). The molecular formula is C28H40N6O3. The predicted octanol–water partition coefficient (Wildman–Crippen LogP) is 4.41. The molecule has 1 aromatic carbocycles. The number of aromatic nitrogens is 3. The minimum Gasteiger partial charge on any atom is -0.633 e. The van der Waals surface area contributed by atoms with Crippen LogP contribution in [0.4, 0.5) is 5.95 Å². The van der Waals surface area contributed by atoms with Crippen molar-refractivity contribution in [3.8, 4) is 5.69 Å². The minimum atomic E-state index is -0.386. The summed E-state index contributed by atoms with van der Waals surface area (Å²) in [6, 6.07) is 10.1. The number of nitrogens with one attached hydrogen (secondary N) is 2. The van der Waals surface area contributed by atoms with Crippen LogP contribution in [0.2, 0.25) is 0 Å². The topological polar surface area (TPSA) is 112 Å². The van der Waals surface area contributed by atoms with Gasteiger partial charge in [0.15, 0.2) is 5.65 Å². The fourth-order valence-electron chi connectivity index (χ4n) is 4.30. The molecule has 1 unspecified atom stereocenters. The van der Waals surface area contributed by atoms with Gasteiger partial charge in [0.05, 0.1) is 32.0 Å². The summed E-state index contributed by atoms with van der Waals surface area (Å²) in [6.45, 7) is 7.95. The third-order valence-electron chi connectivity index (χ3n) is 6.58. The normalized spacial score (nSPS) is 12.5. The Morgan fingerprint density at radius 2 is 1.81 bits per heavy atom. The number of nitrogens with zero attached hydrogens (tertiary/aromatic N) is 4. The minimum absolute atomic E-state index is 0.207. The Labute approximate surface area is 219 Å². The van der Waals surface area contributed by atoms with Gasteiger partial charge >= 0.3 is 0 Å². The van der Waals surface area contributed by atoms with Crippen molar-refractivity contribution >= 4 is 22.9 Å². The van der Waals surface area contributed by atoms with Gasteiger partial charge in [0.2, 0.25) is 5.95 Å². The van der Waals surface area contributed by atoms with Crippen molar-refractivity contribution in [2.24, 2.45) is 5.92 Å². The summed E-state index contributed by atoms with van der Waals surface area (Å²) in [5.74, 6) is 0.837. The van der Waals surface area contributed by atoms with Gasteiger partial charge in [-0.25, -0.2) is 4.98 Å². The lowest BCUT2D eigenvalue weighted by molar-refractivity contribution is -0.840. The second-order valence-electron chi connectivity index (χ2n) is 10.1. The van der Waals surface area contributed by atoms with E-state index in [2.05, 4.69) is 29.5 Å². The summed E-state index contributed by atoms with van der Waals surface area (Å²) >= 11 is 0. The zero-order chi connectivity index (χ0) is 27.0. The van der Waals surface area contributed by atoms with Gasteiger partial charge in [-0.05, 0) is 49.6 Å². The molecule has 37 heavy (non-hydrogen) atoms. The van der Waals surface area contributed by atoms with Crippen molar-refractivity contribution < 1.29 is 9.44 Å². The number of pyridine rings is 1. The first-order valence-corrected chi connectivity index (χ1v) is 13.2. The van der Waals surface area contributed by atoms with E-state index in [-0.39, 0.29) is 16.1 Å². The highest BCUT2D eigenvalue weighted by Crippen LogP contribution is 2.20.